The predicted molar refractivity (Wildman–Crippen MR) is 72.9 cm³/mol. The molecule has 0 unspecified atom stereocenters. The normalized spacial score (nSPS) is 11.2. The van der Waals surface area contributed by atoms with Crippen molar-refractivity contribution in [2.24, 2.45) is 0 Å². The van der Waals surface area contributed by atoms with Crippen LogP contribution in [0.15, 0.2) is 60.7 Å². The average molecular weight is 240 g/mol. The second kappa shape index (κ2) is 5.41. The van der Waals surface area contributed by atoms with Gasteiger partial charge < -0.3 is 10.2 Å². The lowest BCUT2D eigenvalue weighted by Crippen LogP contribution is -1.97. The summed E-state index contributed by atoms with van der Waals surface area (Å²) in [6.45, 7) is 1.98. The van der Waals surface area contributed by atoms with Gasteiger partial charge in [0.05, 0.1) is 0 Å². The maximum absolute atomic E-state index is 9.32. The van der Waals surface area contributed by atoms with E-state index in [1.165, 1.54) is 0 Å². The molecule has 0 amide bonds. The van der Waals surface area contributed by atoms with Crippen molar-refractivity contribution in [3.05, 3.63) is 71.8 Å². The molecule has 0 aromatic heterocycles. The third kappa shape index (κ3) is 2.72. The zero-order chi connectivity index (χ0) is 13.0. The highest BCUT2D eigenvalue weighted by Gasteiger charge is 2.10. The van der Waals surface area contributed by atoms with Gasteiger partial charge in [-0.05, 0) is 42.3 Å². The first-order chi connectivity index (χ1) is 8.70. The molecule has 0 fully saturated rings. The Morgan fingerprint density at radius 2 is 1.17 bits per heavy atom. The van der Waals surface area contributed by atoms with Crippen LogP contribution in [0.4, 0.5) is 0 Å². The number of hydrogen-bond donors (Lipinski definition) is 2. The summed E-state index contributed by atoms with van der Waals surface area (Å²) in [7, 11) is 0. The molecule has 0 aliphatic rings. The molecule has 18 heavy (non-hydrogen) atoms. The minimum Gasteiger partial charge on any atom is -0.508 e. The van der Waals surface area contributed by atoms with E-state index in [0.717, 1.165) is 11.1 Å². The number of allylic oxidation sites excluding steroid dienone is 2. The topological polar surface area (TPSA) is 40.5 Å². The van der Waals surface area contributed by atoms with Crippen LogP contribution >= 0.6 is 0 Å². The molecular formula is C16H16O2. The molecule has 0 aliphatic heterocycles. The number of rotatable bonds is 3. The Balaban J connectivity index is 2.39. The van der Waals surface area contributed by atoms with Crippen LogP contribution in [0.2, 0.25) is 0 Å². The van der Waals surface area contributed by atoms with Crippen molar-refractivity contribution in [2.45, 2.75) is 12.8 Å². The molecule has 0 saturated carbocycles. The van der Waals surface area contributed by atoms with E-state index in [2.05, 4.69) is 6.08 Å². The van der Waals surface area contributed by atoms with Gasteiger partial charge >= 0.3 is 0 Å². The standard InChI is InChI=1S/C16H16O2/c1-2-3-16(12-4-8-14(17)9-5-12)13-6-10-15(18)11-7-13/h2-11,16-18H,1H3. The van der Waals surface area contributed by atoms with E-state index in [-0.39, 0.29) is 17.4 Å². The second-order valence-corrected chi connectivity index (χ2v) is 4.19. The van der Waals surface area contributed by atoms with Crippen LogP contribution in [0.3, 0.4) is 0 Å². The van der Waals surface area contributed by atoms with E-state index >= 15 is 0 Å². The lowest BCUT2D eigenvalue weighted by Gasteiger charge is -2.14. The Morgan fingerprint density at radius 1 is 0.778 bits per heavy atom. The summed E-state index contributed by atoms with van der Waals surface area (Å²) in [5, 5.41) is 18.6. The SMILES string of the molecule is CC=CC(c1ccc(O)cc1)c1ccc(O)cc1. The third-order valence-corrected chi connectivity index (χ3v) is 2.89. The first-order valence-corrected chi connectivity index (χ1v) is 5.91. The van der Waals surface area contributed by atoms with E-state index in [9.17, 15) is 10.2 Å². The Kier molecular flexibility index (Phi) is 3.68. The lowest BCUT2D eigenvalue weighted by molar-refractivity contribution is 0.475. The molecule has 2 rings (SSSR count). The highest BCUT2D eigenvalue weighted by atomic mass is 16.3. The Morgan fingerprint density at radius 3 is 1.50 bits per heavy atom. The van der Waals surface area contributed by atoms with Gasteiger partial charge in [-0.1, -0.05) is 36.4 Å². The van der Waals surface area contributed by atoms with Crippen molar-refractivity contribution in [2.75, 3.05) is 0 Å². The fourth-order valence-corrected chi connectivity index (χ4v) is 1.97. The van der Waals surface area contributed by atoms with Crippen LogP contribution in [0.5, 0.6) is 11.5 Å². The van der Waals surface area contributed by atoms with E-state index in [4.69, 9.17) is 0 Å². The van der Waals surface area contributed by atoms with Crippen molar-refractivity contribution >= 4 is 0 Å². The van der Waals surface area contributed by atoms with Gasteiger partial charge in [0.1, 0.15) is 11.5 Å². The van der Waals surface area contributed by atoms with Crippen LogP contribution in [0.25, 0.3) is 0 Å². The maximum atomic E-state index is 9.32. The summed E-state index contributed by atoms with van der Waals surface area (Å²) in [5.74, 6) is 0.670. The molecule has 2 aromatic rings. The minimum atomic E-state index is 0.135. The molecule has 2 N–H and O–H groups in total. The van der Waals surface area contributed by atoms with Crippen LogP contribution in [-0.4, -0.2) is 10.2 Å². The van der Waals surface area contributed by atoms with Crippen molar-refractivity contribution < 1.29 is 10.2 Å². The van der Waals surface area contributed by atoms with Crippen LogP contribution in [0, 0.1) is 0 Å². The molecule has 0 spiro atoms. The Bertz CT molecular complexity index is 479. The average Bonchev–Trinajstić information content (AvgIpc) is 2.39. The smallest absolute Gasteiger partial charge is 0.115 e. The van der Waals surface area contributed by atoms with Gasteiger partial charge in [-0.15, -0.1) is 0 Å². The largest absolute Gasteiger partial charge is 0.508 e. The summed E-state index contributed by atoms with van der Waals surface area (Å²) < 4.78 is 0. The van der Waals surface area contributed by atoms with Gasteiger partial charge in [-0.3, -0.25) is 0 Å². The van der Waals surface area contributed by atoms with Gasteiger partial charge in [0.15, 0.2) is 0 Å². The molecule has 0 radical (unpaired) electrons. The molecule has 2 nitrogen and oxygen atoms in total. The molecule has 0 aliphatic carbocycles. The maximum Gasteiger partial charge on any atom is 0.115 e. The van der Waals surface area contributed by atoms with Gasteiger partial charge in [0.25, 0.3) is 0 Å². The molecular weight excluding hydrogens is 224 g/mol. The molecule has 92 valence electrons. The Hall–Kier alpha value is -2.22. The number of phenolic OH excluding ortho intramolecular Hbond substituents is 2. The van der Waals surface area contributed by atoms with E-state index in [0.29, 0.717) is 0 Å². The van der Waals surface area contributed by atoms with Crippen LogP contribution in [0.1, 0.15) is 24.0 Å². The summed E-state index contributed by atoms with van der Waals surface area (Å²) in [6, 6.07) is 14.4. The molecule has 0 bridgehead atoms. The number of benzene rings is 2. The number of aromatic hydroxyl groups is 2. The van der Waals surface area contributed by atoms with E-state index in [1.807, 2.05) is 37.3 Å². The molecule has 2 heteroatoms. The Labute approximate surface area is 107 Å². The van der Waals surface area contributed by atoms with Crippen molar-refractivity contribution in [1.29, 1.82) is 0 Å². The summed E-state index contributed by atoms with van der Waals surface area (Å²) in [5.41, 5.74) is 2.22. The summed E-state index contributed by atoms with van der Waals surface area (Å²) in [6.07, 6.45) is 4.10. The summed E-state index contributed by atoms with van der Waals surface area (Å²) >= 11 is 0. The highest BCUT2D eigenvalue weighted by Crippen LogP contribution is 2.28. The zero-order valence-corrected chi connectivity index (χ0v) is 10.2. The van der Waals surface area contributed by atoms with E-state index in [1.54, 1.807) is 24.3 Å². The third-order valence-electron chi connectivity index (χ3n) is 2.89. The lowest BCUT2D eigenvalue weighted by atomic mass is 9.91. The molecule has 0 atom stereocenters. The van der Waals surface area contributed by atoms with Crippen LogP contribution < -0.4 is 0 Å². The van der Waals surface area contributed by atoms with Gasteiger partial charge in [0, 0.05) is 5.92 Å². The first-order valence-electron chi connectivity index (χ1n) is 5.91. The minimum absolute atomic E-state index is 0.135. The van der Waals surface area contributed by atoms with Crippen molar-refractivity contribution in [3.63, 3.8) is 0 Å². The van der Waals surface area contributed by atoms with Gasteiger partial charge in [-0.25, -0.2) is 0 Å². The first kappa shape index (κ1) is 12.2. The number of hydrogen-bond acceptors (Lipinski definition) is 2. The number of phenols is 2. The zero-order valence-electron chi connectivity index (χ0n) is 10.2. The summed E-state index contributed by atoms with van der Waals surface area (Å²) in [4.78, 5) is 0. The van der Waals surface area contributed by atoms with Gasteiger partial charge in [0.2, 0.25) is 0 Å². The van der Waals surface area contributed by atoms with Gasteiger partial charge in [-0.2, -0.15) is 0 Å². The molecule has 2 aromatic carbocycles. The van der Waals surface area contributed by atoms with Crippen LogP contribution in [-0.2, 0) is 0 Å². The monoisotopic (exact) mass is 240 g/mol. The quantitative estimate of drug-likeness (QED) is 0.801. The predicted octanol–water partition coefficient (Wildman–Crippen LogP) is 3.81. The fourth-order valence-electron chi connectivity index (χ4n) is 1.97. The second-order valence-electron chi connectivity index (χ2n) is 4.19. The van der Waals surface area contributed by atoms with E-state index < -0.39 is 0 Å². The molecule has 0 heterocycles. The molecule has 0 saturated heterocycles. The van der Waals surface area contributed by atoms with Crippen molar-refractivity contribution in [1.82, 2.24) is 0 Å². The fraction of sp³-hybridized carbons (Fsp3) is 0.125. The van der Waals surface area contributed by atoms with Crippen molar-refractivity contribution in [3.8, 4) is 11.5 Å². The highest BCUT2D eigenvalue weighted by molar-refractivity contribution is 5.40.